The summed E-state index contributed by atoms with van der Waals surface area (Å²) in [5.74, 6) is 0.845. The van der Waals surface area contributed by atoms with E-state index in [1.165, 1.54) is 4.88 Å². The summed E-state index contributed by atoms with van der Waals surface area (Å²) in [6.07, 6.45) is 0. The van der Waals surface area contributed by atoms with Crippen molar-refractivity contribution >= 4 is 28.9 Å². The summed E-state index contributed by atoms with van der Waals surface area (Å²) in [4.78, 5) is 14.3. The minimum Gasteiger partial charge on any atom is -0.293 e. The van der Waals surface area contributed by atoms with Gasteiger partial charge in [0.05, 0.1) is 5.75 Å². The van der Waals surface area contributed by atoms with Crippen LogP contribution in [-0.4, -0.2) is 16.3 Å². The highest BCUT2D eigenvalue weighted by Crippen LogP contribution is 2.26. The van der Waals surface area contributed by atoms with Crippen LogP contribution in [0.4, 0.5) is 0 Å². The van der Waals surface area contributed by atoms with Gasteiger partial charge in [-0.2, -0.15) is 0 Å². The van der Waals surface area contributed by atoms with Crippen molar-refractivity contribution in [3.8, 4) is 0 Å². The maximum Gasteiger partial charge on any atom is 0.173 e. The molecule has 0 spiro atoms. The van der Waals surface area contributed by atoms with Crippen molar-refractivity contribution in [2.24, 2.45) is 0 Å². The van der Waals surface area contributed by atoms with Crippen molar-refractivity contribution in [1.29, 1.82) is 0 Å². The van der Waals surface area contributed by atoms with Crippen molar-refractivity contribution in [3.63, 3.8) is 0 Å². The van der Waals surface area contributed by atoms with E-state index >= 15 is 0 Å². The number of thiophene rings is 1. The fourth-order valence-corrected chi connectivity index (χ4v) is 2.93. The third-order valence-electron chi connectivity index (χ3n) is 1.98. The maximum atomic E-state index is 11.9. The summed E-state index contributed by atoms with van der Waals surface area (Å²) in [6, 6.07) is 2.01. The van der Waals surface area contributed by atoms with Crippen LogP contribution in [0, 0.1) is 13.8 Å². The van der Waals surface area contributed by atoms with Crippen LogP contribution < -0.4 is 0 Å². The second-order valence-corrected chi connectivity index (χ2v) is 7.91. The Labute approximate surface area is 100 Å². The smallest absolute Gasteiger partial charge is 0.173 e. The Morgan fingerprint density at radius 2 is 2.00 bits per heavy atom. The van der Waals surface area contributed by atoms with Gasteiger partial charge < -0.3 is 0 Å². The lowest BCUT2D eigenvalue weighted by Crippen LogP contribution is -2.13. The number of carbonyl (C=O) groups excluding carboxylic acids is 1. The van der Waals surface area contributed by atoms with Gasteiger partial charge in [-0.15, -0.1) is 23.1 Å². The standard InChI is InChI=1S/C12H18OS2/c1-8-6-10(9(2)15-8)11(13)7-14-12(3,4)5/h6H,7H2,1-5H3. The Morgan fingerprint density at radius 3 is 2.40 bits per heavy atom. The molecule has 0 aliphatic carbocycles. The Kier molecular flexibility index (Phi) is 4.01. The lowest BCUT2D eigenvalue weighted by atomic mass is 10.2. The molecule has 0 unspecified atom stereocenters. The molecule has 3 heteroatoms. The molecule has 0 aliphatic rings. The van der Waals surface area contributed by atoms with Crippen molar-refractivity contribution in [1.82, 2.24) is 0 Å². The zero-order valence-electron chi connectivity index (χ0n) is 10.0. The topological polar surface area (TPSA) is 17.1 Å². The zero-order chi connectivity index (χ0) is 11.6. The molecule has 1 aromatic rings. The number of Topliss-reactive ketones (excluding diaryl/α,β-unsaturated/α-hetero) is 1. The SMILES string of the molecule is Cc1cc(C(=O)CSC(C)(C)C)c(C)s1. The Hall–Kier alpha value is -0.280. The van der Waals surface area contributed by atoms with Gasteiger partial charge in [0.25, 0.3) is 0 Å². The van der Waals surface area contributed by atoms with E-state index in [0.717, 1.165) is 10.4 Å². The third-order valence-corrected chi connectivity index (χ3v) is 4.22. The molecule has 0 bridgehead atoms. The van der Waals surface area contributed by atoms with Gasteiger partial charge in [0.2, 0.25) is 0 Å². The zero-order valence-corrected chi connectivity index (χ0v) is 11.6. The lowest BCUT2D eigenvalue weighted by molar-refractivity contribution is 0.102. The van der Waals surface area contributed by atoms with E-state index < -0.39 is 0 Å². The molecule has 0 amide bonds. The number of carbonyl (C=O) groups is 1. The third kappa shape index (κ3) is 3.99. The molecule has 0 radical (unpaired) electrons. The van der Waals surface area contributed by atoms with Crippen molar-refractivity contribution in [2.45, 2.75) is 39.4 Å². The quantitative estimate of drug-likeness (QED) is 0.743. The average molecular weight is 242 g/mol. The number of rotatable bonds is 3. The molecular formula is C12H18OS2. The number of aryl methyl sites for hydroxylation is 2. The molecule has 1 heterocycles. The van der Waals surface area contributed by atoms with Gasteiger partial charge in [0, 0.05) is 20.1 Å². The van der Waals surface area contributed by atoms with Crippen LogP contribution in [0.2, 0.25) is 0 Å². The van der Waals surface area contributed by atoms with Crippen molar-refractivity contribution in [2.75, 3.05) is 5.75 Å². The maximum absolute atomic E-state index is 11.9. The van der Waals surface area contributed by atoms with E-state index in [0.29, 0.717) is 5.75 Å². The molecule has 15 heavy (non-hydrogen) atoms. The van der Waals surface area contributed by atoms with E-state index in [-0.39, 0.29) is 10.5 Å². The lowest BCUT2D eigenvalue weighted by Gasteiger charge is -2.16. The number of hydrogen-bond donors (Lipinski definition) is 0. The number of thioether (sulfide) groups is 1. The molecule has 0 aromatic carbocycles. The highest BCUT2D eigenvalue weighted by molar-refractivity contribution is 8.01. The first-order valence-electron chi connectivity index (χ1n) is 5.04. The van der Waals surface area contributed by atoms with Crippen LogP contribution in [0.15, 0.2) is 6.07 Å². The summed E-state index contributed by atoms with van der Waals surface area (Å²) < 4.78 is 0.161. The van der Waals surface area contributed by atoms with Gasteiger partial charge in [-0.1, -0.05) is 20.8 Å². The number of hydrogen-bond acceptors (Lipinski definition) is 3. The molecule has 0 aliphatic heterocycles. The normalized spacial score (nSPS) is 11.8. The molecule has 0 N–H and O–H groups in total. The fourth-order valence-electron chi connectivity index (χ4n) is 1.27. The summed E-state index contributed by atoms with van der Waals surface area (Å²) in [7, 11) is 0. The molecule has 1 rings (SSSR count). The highest BCUT2D eigenvalue weighted by Gasteiger charge is 2.16. The second kappa shape index (κ2) is 4.71. The van der Waals surface area contributed by atoms with E-state index in [1.807, 2.05) is 19.9 Å². The van der Waals surface area contributed by atoms with Crippen LogP contribution in [-0.2, 0) is 0 Å². The van der Waals surface area contributed by atoms with E-state index in [1.54, 1.807) is 23.1 Å². The van der Waals surface area contributed by atoms with Gasteiger partial charge >= 0.3 is 0 Å². The van der Waals surface area contributed by atoms with Crippen LogP contribution >= 0.6 is 23.1 Å². The molecule has 0 saturated carbocycles. The molecule has 1 nitrogen and oxygen atoms in total. The summed E-state index contributed by atoms with van der Waals surface area (Å²) in [5, 5.41) is 0. The summed E-state index contributed by atoms with van der Waals surface area (Å²) >= 11 is 3.41. The summed E-state index contributed by atoms with van der Waals surface area (Å²) in [6.45, 7) is 10.5. The first-order valence-corrected chi connectivity index (χ1v) is 6.84. The van der Waals surface area contributed by atoms with Crippen LogP contribution in [0.5, 0.6) is 0 Å². The molecule has 1 aromatic heterocycles. The van der Waals surface area contributed by atoms with E-state index in [9.17, 15) is 4.79 Å². The van der Waals surface area contributed by atoms with E-state index in [4.69, 9.17) is 0 Å². The van der Waals surface area contributed by atoms with Gasteiger partial charge in [-0.3, -0.25) is 4.79 Å². The highest BCUT2D eigenvalue weighted by atomic mass is 32.2. The van der Waals surface area contributed by atoms with Gasteiger partial charge in [-0.05, 0) is 19.9 Å². The minimum absolute atomic E-state index is 0.161. The van der Waals surface area contributed by atoms with Gasteiger partial charge in [-0.25, -0.2) is 0 Å². The van der Waals surface area contributed by atoms with E-state index in [2.05, 4.69) is 20.8 Å². The average Bonchev–Trinajstić information content (AvgIpc) is 2.40. The Bertz CT molecular complexity index is 358. The first-order chi connectivity index (χ1) is 6.79. The monoisotopic (exact) mass is 242 g/mol. The Morgan fingerprint density at radius 1 is 1.40 bits per heavy atom. The van der Waals surface area contributed by atoms with Crippen LogP contribution in [0.1, 0.15) is 40.9 Å². The molecule has 0 fully saturated rings. The largest absolute Gasteiger partial charge is 0.293 e. The van der Waals surface area contributed by atoms with Crippen molar-refractivity contribution < 1.29 is 4.79 Å². The molecule has 0 atom stereocenters. The fraction of sp³-hybridized carbons (Fsp3) is 0.583. The predicted octanol–water partition coefficient (Wildman–Crippen LogP) is 4.08. The van der Waals surface area contributed by atoms with Crippen LogP contribution in [0.25, 0.3) is 0 Å². The van der Waals surface area contributed by atoms with Gasteiger partial charge in [0.15, 0.2) is 5.78 Å². The Balaban J connectivity index is 2.66. The van der Waals surface area contributed by atoms with Crippen molar-refractivity contribution in [3.05, 3.63) is 21.4 Å². The van der Waals surface area contributed by atoms with Gasteiger partial charge in [0.1, 0.15) is 0 Å². The van der Waals surface area contributed by atoms with Crippen LogP contribution in [0.3, 0.4) is 0 Å². The minimum atomic E-state index is 0.161. The molecule has 84 valence electrons. The molecule has 0 saturated heterocycles. The second-order valence-electron chi connectivity index (χ2n) is 4.65. The first kappa shape index (κ1) is 12.8. The summed E-state index contributed by atoms with van der Waals surface area (Å²) in [5.41, 5.74) is 0.911. The molecular weight excluding hydrogens is 224 g/mol. The number of ketones is 1. The predicted molar refractivity (Wildman–Crippen MR) is 70.3 cm³/mol.